The van der Waals surface area contributed by atoms with Gasteiger partial charge in [0.1, 0.15) is 23.2 Å². The molecule has 2 aromatic heterocycles. The number of amides is 1. The zero-order valence-electron chi connectivity index (χ0n) is 18.4. The second kappa shape index (κ2) is 8.54. The molecule has 164 valence electrons. The number of methoxy groups -OCH3 is 1. The van der Waals surface area contributed by atoms with Crippen LogP contribution in [0.5, 0.6) is 5.75 Å². The van der Waals surface area contributed by atoms with Gasteiger partial charge in [-0.15, -0.1) is 0 Å². The third kappa shape index (κ3) is 3.77. The molecule has 0 radical (unpaired) electrons. The smallest absolute Gasteiger partial charge is 0.270 e. The van der Waals surface area contributed by atoms with Crippen molar-refractivity contribution >= 4 is 16.8 Å². The number of rotatable bonds is 5. The summed E-state index contributed by atoms with van der Waals surface area (Å²) in [6.45, 7) is 2.76. The summed E-state index contributed by atoms with van der Waals surface area (Å²) >= 11 is 0. The molecule has 0 spiro atoms. The van der Waals surface area contributed by atoms with Crippen LogP contribution in [-0.2, 0) is 6.42 Å². The Morgan fingerprint density at radius 2 is 2.09 bits per heavy atom. The summed E-state index contributed by atoms with van der Waals surface area (Å²) in [7, 11) is 1.67. The Morgan fingerprint density at radius 3 is 2.94 bits per heavy atom. The van der Waals surface area contributed by atoms with Crippen molar-refractivity contribution in [3.05, 3.63) is 83.2 Å². The van der Waals surface area contributed by atoms with Crippen LogP contribution in [0.4, 0.5) is 0 Å². The number of carbonyl (C=O) groups excluding carboxylic acids is 1. The second-order valence-electron chi connectivity index (χ2n) is 8.38. The van der Waals surface area contributed by atoms with Gasteiger partial charge in [0.05, 0.1) is 13.3 Å². The molecule has 2 aromatic carbocycles. The van der Waals surface area contributed by atoms with Crippen LogP contribution < -0.4 is 4.74 Å². The molecule has 1 fully saturated rings. The maximum Gasteiger partial charge on any atom is 0.270 e. The van der Waals surface area contributed by atoms with Gasteiger partial charge >= 0.3 is 0 Å². The van der Waals surface area contributed by atoms with Gasteiger partial charge < -0.3 is 19.0 Å². The van der Waals surface area contributed by atoms with Crippen LogP contribution in [0, 0.1) is 6.92 Å². The van der Waals surface area contributed by atoms with Crippen molar-refractivity contribution in [1.82, 2.24) is 14.9 Å². The molecule has 1 amide bonds. The van der Waals surface area contributed by atoms with Crippen LogP contribution in [0.2, 0.25) is 0 Å². The first kappa shape index (κ1) is 20.4. The van der Waals surface area contributed by atoms with Gasteiger partial charge in [0.15, 0.2) is 0 Å². The number of piperidine rings is 1. The van der Waals surface area contributed by atoms with E-state index >= 15 is 0 Å². The monoisotopic (exact) mass is 429 g/mol. The summed E-state index contributed by atoms with van der Waals surface area (Å²) in [6, 6.07) is 15.8. The predicted molar refractivity (Wildman–Crippen MR) is 123 cm³/mol. The van der Waals surface area contributed by atoms with Crippen molar-refractivity contribution in [2.45, 2.75) is 38.6 Å². The van der Waals surface area contributed by atoms with Gasteiger partial charge in [-0.3, -0.25) is 4.79 Å². The molecule has 1 aliphatic heterocycles. The molecule has 6 heteroatoms. The normalized spacial score (nSPS) is 16.4. The Morgan fingerprint density at radius 1 is 1.22 bits per heavy atom. The number of aromatic amines is 1. The molecular weight excluding hydrogens is 402 g/mol. The van der Waals surface area contributed by atoms with Crippen LogP contribution in [0.1, 0.15) is 58.6 Å². The van der Waals surface area contributed by atoms with Gasteiger partial charge in [0, 0.05) is 29.4 Å². The van der Waals surface area contributed by atoms with E-state index in [1.165, 1.54) is 0 Å². The number of ether oxygens (including phenoxy) is 1. The quantitative estimate of drug-likeness (QED) is 0.459. The lowest BCUT2D eigenvalue weighted by atomic mass is 10.0. The molecular formula is C26H27N3O3. The fourth-order valence-corrected chi connectivity index (χ4v) is 4.60. The number of hydrogen-bond donors (Lipinski definition) is 1. The average molecular weight is 430 g/mol. The van der Waals surface area contributed by atoms with Gasteiger partial charge in [0.2, 0.25) is 5.89 Å². The highest BCUT2D eigenvalue weighted by Crippen LogP contribution is 2.33. The summed E-state index contributed by atoms with van der Waals surface area (Å²) in [5.41, 5.74) is 3.79. The topological polar surface area (TPSA) is 71.4 Å². The lowest BCUT2D eigenvalue weighted by Gasteiger charge is -2.33. The number of fused-ring (bicyclic) bond motifs is 1. The molecule has 0 bridgehead atoms. The molecule has 1 N–H and O–H groups in total. The Bertz CT molecular complexity index is 1260. The molecule has 1 aliphatic rings. The summed E-state index contributed by atoms with van der Waals surface area (Å²) in [5, 5.41) is 1.08. The van der Waals surface area contributed by atoms with Crippen LogP contribution >= 0.6 is 0 Å². The summed E-state index contributed by atoms with van der Waals surface area (Å²) < 4.78 is 11.6. The summed E-state index contributed by atoms with van der Waals surface area (Å²) in [5.74, 6) is 2.20. The number of hydrogen-bond acceptors (Lipinski definition) is 4. The number of likely N-dealkylation sites (tertiary alicyclic amines) is 1. The minimum atomic E-state index is -0.157. The number of aryl methyl sites for hydroxylation is 1. The average Bonchev–Trinajstić information content (AvgIpc) is 3.47. The first-order chi connectivity index (χ1) is 15.6. The second-order valence-corrected chi connectivity index (χ2v) is 8.38. The first-order valence-corrected chi connectivity index (χ1v) is 11.1. The van der Waals surface area contributed by atoms with Gasteiger partial charge in [0.25, 0.3) is 5.91 Å². The van der Waals surface area contributed by atoms with E-state index in [1.54, 1.807) is 13.3 Å². The number of nitrogens with one attached hydrogen (secondary N) is 1. The zero-order chi connectivity index (χ0) is 22.1. The van der Waals surface area contributed by atoms with Gasteiger partial charge in [-0.2, -0.15) is 0 Å². The maximum absolute atomic E-state index is 13.5. The molecule has 1 atom stereocenters. The highest BCUT2D eigenvalue weighted by Gasteiger charge is 2.32. The van der Waals surface area contributed by atoms with E-state index in [2.05, 4.69) is 23.0 Å². The fraction of sp³-hybridized carbons (Fsp3) is 0.308. The molecule has 5 rings (SSSR count). The van der Waals surface area contributed by atoms with Crippen LogP contribution in [0.25, 0.3) is 10.9 Å². The standard InChI is InChI=1S/C26H27N3O3/c1-17-8-7-10-21-20(17)15-22(28-21)26(30)29-13-6-5-11-23(29)25-27-16-19(32-25)14-18-9-3-4-12-24(18)31-2/h3-4,7-10,12,15-16,23,28H,5-6,11,13-14H2,1-2H3/t23-/m0/s1. The van der Waals surface area contributed by atoms with E-state index in [1.807, 2.05) is 47.4 Å². The number of para-hydroxylation sites is 1. The number of oxazole rings is 1. The van der Waals surface area contributed by atoms with E-state index in [4.69, 9.17) is 9.15 Å². The maximum atomic E-state index is 13.5. The van der Waals surface area contributed by atoms with Gasteiger partial charge in [-0.25, -0.2) is 4.98 Å². The SMILES string of the molecule is COc1ccccc1Cc1cnc([C@@H]2CCCCN2C(=O)c2cc3c(C)cccc3[nH]2)o1. The largest absolute Gasteiger partial charge is 0.496 e. The summed E-state index contributed by atoms with van der Waals surface area (Å²) in [4.78, 5) is 23.2. The predicted octanol–water partition coefficient (Wildman–Crippen LogP) is 5.43. The van der Waals surface area contributed by atoms with Crippen LogP contribution in [0.15, 0.2) is 59.1 Å². The van der Waals surface area contributed by atoms with Crippen LogP contribution in [0.3, 0.4) is 0 Å². The molecule has 0 saturated carbocycles. The molecule has 3 heterocycles. The van der Waals surface area contributed by atoms with E-state index in [9.17, 15) is 4.79 Å². The number of aromatic nitrogens is 2. The number of benzene rings is 2. The Labute approximate surface area is 187 Å². The van der Waals surface area contributed by atoms with Crippen molar-refractivity contribution in [3.63, 3.8) is 0 Å². The van der Waals surface area contributed by atoms with Crippen molar-refractivity contribution in [3.8, 4) is 5.75 Å². The van der Waals surface area contributed by atoms with Crippen LogP contribution in [-0.4, -0.2) is 34.4 Å². The molecule has 32 heavy (non-hydrogen) atoms. The lowest BCUT2D eigenvalue weighted by Crippen LogP contribution is -2.38. The molecule has 6 nitrogen and oxygen atoms in total. The highest BCUT2D eigenvalue weighted by atomic mass is 16.5. The van der Waals surface area contributed by atoms with E-state index in [0.717, 1.165) is 52.8 Å². The fourth-order valence-electron chi connectivity index (χ4n) is 4.60. The molecule has 0 unspecified atom stereocenters. The number of nitrogens with zero attached hydrogens (tertiary/aromatic N) is 2. The lowest BCUT2D eigenvalue weighted by molar-refractivity contribution is 0.0565. The van der Waals surface area contributed by atoms with Crippen molar-refractivity contribution in [1.29, 1.82) is 0 Å². The molecule has 4 aromatic rings. The minimum absolute atomic E-state index is 0.00483. The van der Waals surface area contributed by atoms with Gasteiger partial charge in [-0.1, -0.05) is 30.3 Å². The van der Waals surface area contributed by atoms with Crippen molar-refractivity contribution in [2.75, 3.05) is 13.7 Å². The Balaban J connectivity index is 1.40. The number of H-pyrrole nitrogens is 1. The highest BCUT2D eigenvalue weighted by molar-refractivity contribution is 5.99. The first-order valence-electron chi connectivity index (χ1n) is 11.1. The Hall–Kier alpha value is -3.54. The Kier molecular flexibility index (Phi) is 5.43. The number of carbonyl (C=O) groups is 1. The molecule has 0 aliphatic carbocycles. The molecule has 1 saturated heterocycles. The van der Waals surface area contributed by atoms with E-state index in [-0.39, 0.29) is 11.9 Å². The minimum Gasteiger partial charge on any atom is -0.496 e. The van der Waals surface area contributed by atoms with Crippen molar-refractivity contribution in [2.24, 2.45) is 0 Å². The third-order valence-electron chi connectivity index (χ3n) is 6.29. The third-order valence-corrected chi connectivity index (χ3v) is 6.29. The van der Waals surface area contributed by atoms with Gasteiger partial charge in [-0.05, 0) is 49.9 Å². The summed E-state index contributed by atoms with van der Waals surface area (Å²) in [6.07, 6.45) is 5.24. The zero-order valence-corrected chi connectivity index (χ0v) is 18.4. The van der Waals surface area contributed by atoms with E-state index in [0.29, 0.717) is 24.6 Å². The van der Waals surface area contributed by atoms with E-state index < -0.39 is 0 Å². The van der Waals surface area contributed by atoms with Crippen molar-refractivity contribution < 1.29 is 13.9 Å².